The van der Waals surface area contributed by atoms with Crippen molar-refractivity contribution < 1.29 is 9.53 Å². The van der Waals surface area contributed by atoms with E-state index in [-0.39, 0.29) is 12.5 Å². The predicted molar refractivity (Wildman–Crippen MR) is 104 cm³/mol. The number of ether oxygens (including phenoxy) is 1. The highest BCUT2D eigenvalue weighted by Crippen LogP contribution is 2.33. The molecular weight excluding hydrogens is 370 g/mol. The van der Waals surface area contributed by atoms with Gasteiger partial charge in [-0.1, -0.05) is 23.7 Å². The van der Waals surface area contributed by atoms with Crippen molar-refractivity contribution in [3.63, 3.8) is 0 Å². The quantitative estimate of drug-likeness (QED) is 0.730. The monoisotopic (exact) mass is 383 g/mol. The number of carbonyl (C=O) groups is 1. The fraction of sp³-hybridized carbons (Fsp3) is 0.105. The zero-order chi connectivity index (χ0) is 18.5. The van der Waals surface area contributed by atoms with E-state index in [1.165, 1.54) is 16.7 Å². The van der Waals surface area contributed by atoms with Gasteiger partial charge in [-0.05, 0) is 59.8 Å². The summed E-state index contributed by atoms with van der Waals surface area (Å²) in [6.45, 7) is 0.00406. The first kappa shape index (κ1) is 18.1. The lowest BCUT2D eigenvalue weighted by molar-refractivity contribution is -0.121. The van der Waals surface area contributed by atoms with E-state index in [1.54, 1.807) is 43.4 Å². The fourth-order valence-electron chi connectivity index (χ4n) is 2.20. The molecule has 7 heteroatoms. The summed E-state index contributed by atoms with van der Waals surface area (Å²) in [5.41, 5.74) is 1.60. The Morgan fingerprint density at radius 3 is 2.58 bits per heavy atom. The minimum absolute atomic E-state index is 0.00406. The molecule has 0 aromatic heterocycles. The summed E-state index contributed by atoms with van der Waals surface area (Å²) in [6.07, 6.45) is 1.81. The maximum atomic E-state index is 12.4. The zero-order valence-electron chi connectivity index (χ0n) is 13.8. The van der Waals surface area contributed by atoms with E-state index in [0.29, 0.717) is 20.8 Å². The number of hydrogen-bond donors (Lipinski definition) is 0. The highest BCUT2D eigenvalue weighted by atomic mass is 35.5. The minimum atomic E-state index is -0.104. The number of carbonyl (C=O) groups excluding carboxylic acids is 1. The molecule has 3 rings (SSSR count). The lowest BCUT2D eigenvalue weighted by Gasteiger charge is -2.07. The molecule has 2 aromatic rings. The number of nitrogens with zero attached hydrogens (tertiary/aromatic N) is 3. The minimum Gasteiger partial charge on any atom is -0.479 e. The Morgan fingerprint density at radius 1 is 1.23 bits per heavy atom. The Kier molecular flexibility index (Phi) is 5.61. The SMILES string of the molecule is CN1C(=O)/C(=C\c2ccc(OCC#N)cc2)SC1=Nc1ccc(Cl)cc1. The summed E-state index contributed by atoms with van der Waals surface area (Å²) >= 11 is 7.20. The molecule has 1 saturated heterocycles. The Balaban J connectivity index is 1.78. The molecule has 1 fully saturated rings. The van der Waals surface area contributed by atoms with Crippen molar-refractivity contribution >= 4 is 46.2 Å². The molecule has 1 heterocycles. The van der Waals surface area contributed by atoms with E-state index in [0.717, 1.165) is 11.3 Å². The van der Waals surface area contributed by atoms with Gasteiger partial charge in [-0.15, -0.1) is 0 Å². The van der Waals surface area contributed by atoms with Crippen LogP contribution in [0, 0.1) is 11.3 Å². The van der Waals surface area contributed by atoms with Gasteiger partial charge in [-0.2, -0.15) is 5.26 Å². The fourth-order valence-corrected chi connectivity index (χ4v) is 3.32. The Hall–Kier alpha value is -2.75. The van der Waals surface area contributed by atoms with Gasteiger partial charge in [-0.3, -0.25) is 9.69 Å². The van der Waals surface area contributed by atoms with Gasteiger partial charge in [0.1, 0.15) is 11.8 Å². The highest BCUT2D eigenvalue weighted by Gasteiger charge is 2.30. The van der Waals surface area contributed by atoms with E-state index in [4.69, 9.17) is 21.6 Å². The van der Waals surface area contributed by atoms with Crippen molar-refractivity contribution in [1.82, 2.24) is 4.90 Å². The molecule has 1 aliphatic rings. The molecule has 0 radical (unpaired) electrons. The third-order valence-corrected chi connectivity index (χ3v) is 4.85. The second-order valence-corrected chi connectivity index (χ2v) is 6.81. The van der Waals surface area contributed by atoms with Gasteiger partial charge in [0, 0.05) is 12.1 Å². The van der Waals surface area contributed by atoms with Crippen LogP contribution in [-0.4, -0.2) is 29.6 Å². The first-order valence-corrected chi connectivity index (χ1v) is 8.88. The molecule has 0 unspecified atom stereocenters. The largest absolute Gasteiger partial charge is 0.479 e. The molecule has 0 N–H and O–H groups in total. The molecule has 0 atom stereocenters. The number of likely N-dealkylation sites (N-methyl/N-ethyl adjacent to an activating group) is 1. The highest BCUT2D eigenvalue weighted by molar-refractivity contribution is 8.18. The number of hydrogen-bond acceptors (Lipinski definition) is 5. The lowest BCUT2D eigenvalue weighted by Crippen LogP contribution is -2.23. The zero-order valence-corrected chi connectivity index (χ0v) is 15.4. The van der Waals surface area contributed by atoms with E-state index < -0.39 is 0 Å². The van der Waals surface area contributed by atoms with E-state index in [2.05, 4.69) is 4.99 Å². The average molecular weight is 384 g/mol. The number of rotatable bonds is 4. The van der Waals surface area contributed by atoms with Gasteiger partial charge in [0.25, 0.3) is 5.91 Å². The van der Waals surface area contributed by atoms with Crippen LogP contribution in [0.25, 0.3) is 6.08 Å². The van der Waals surface area contributed by atoms with Crippen LogP contribution < -0.4 is 4.74 Å². The summed E-state index contributed by atoms with van der Waals surface area (Å²) < 4.78 is 5.22. The molecule has 1 aliphatic heterocycles. The summed E-state index contributed by atoms with van der Waals surface area (Å²) in [5.74, 6) is 0.508. The van der Waals surface area contributed by atoms with E-state index in [1.807, 2.05) is 24.3 Å². The van der Waals surface area contributed by atoms with Gasteiger partial charge in [0.2, 0.25) is 0 Å². The van der Waals surface area contributed by atoms with Crippen molar-refractivity contribution in [2.75, 3.05) is 13.7 Å². The topological polar surface area (TPSA) is 65.7 Å². The standard InChI is InChI=1S/C19H14ClN3O2S/c1-23-18(24)17(12-13-2-8-16(9-3-13)25-11-10-21)26-19(23)22-15-6-4-14(20)5-7-15/h2-9,12H,11H2,1H3/b17-12+,22-19?. The molecule has 0 spiro atoms. The van der Waals surface area contributed by atoms with Crippen molar-refractivity contribution in [1.29, 1.82) is 5.26 Å². The third-order valence-electron chi connectivity index (χ3n) is 3.54. The number of halogens is 1. The van der Waals surface area contributed by atoms with Gasteiger partial charge in [0.05, 0.1) is 10.6 Å². The molecule has 1 amide bonds. The molecule has 26 heavy (non-hydrogen) atoms. The average Bonchev–Trinajstić information content (AvgIpc) is 2.91. The van der Waals surface area contributed by atoms with Crippen molar-refractivity contribution in [2.24, 2.45) is 4.99 Å². The van der Waals surface area contributed by atoms with Crippen LogP contribution in [0.5, 0.6) is 5.75 Å². The first-order valence-electron chi connectivity index (χ1n) is 7.68. The number of thioether (sulfide) groups is 1. The Labute approximate surface area is 160 Å². The van der Waals surface area contributed by atoms with Gasteiger partial charge >= 0.3 is 0 Å². The number of benzene rings is 2. The van der Waals surface area contributed by atoms with Gasteiger partial charge in [0.15, 0.2) is 11.8 Å². The van der Waals surface area contributed by atoms with Crippen LogP contribution in [0.4, 0.5) is 5.69 Å². The molecule has 0 aliphatic carbocycles. The summed E-state index contributed by atoms with van der Waals surface area (Å²) in [6, 6.07) is 16.2. The maximum Gasteiger partial charge on any atom is 0.266 e. The number of aliphatic imine (C=N–C) groups is 1. The summed E-state index contributed by atoms with van der Waals surface area (Å²) in [4.78, 5) is 19.1. The van der Waals surface area contributed by atoms with E-state index >= 15 is 0 Å². The first-order chi connectivity index (χ1) is 12.6. The predicted octanol–water partition coefficient (Wildman–Crippen LogP) is 4.48. The third kappa shape index (κ3) is 4.26. The number of nitriles is 1. The molecular formula is C19H14ClN3O2S. The molecule has 2 aromatic carbocycles. The second-order valence-electron chi connectivity index (χ2n) is 5.36. The van der Waals surface area contributed by atoms with Crippen molar-refractivity contribution in [2.45, 2.75) is 0 Å². The summed E-state index contributed by atoms with van der Waals surface area (Å²) in [7, 11) is 1.70. The molecule has 0 bridgehead atoms. The van der Waals surface area contributed by atoms with E-state index in [9.17, 15) is 4.79 Å². The van der Waals surface area contributed by atoms with Crippen LogP contribution >= 0.6 is 23.4 Å². The molecule has 130 valence electrons. The van der Waals surface area contributed by atoms with Crippen LogP contribution in [0.2, 0.25) is 5.02 Å². The number of amidine groups is 1. The van der Waals surface area contributed by atoms with Crippen molar-refractivity contribution in [3.05, 3.63) is 64.0 Å². The normalized spacial score (nSPS) is 17.0. The molecule has 0 saturated carbocycles. The second kappa shape index (κ2) is 8.09. The lowest BCUT2D eigenvalue weighted by atomic mass is 10.2. The van der Waals surface area contributed by atoms with Gasteiger partial charge < -0.3 is 4.74 Å². The van der Waals surface area contributed by atoms with Crippen molar-refractivity contribution in [3.8, 4) is 11.8 Å². The Bertz CT molecular complexity index is 915. The Morgan fingerprint density at radius 2 is 1.92 bits per heavy atom. The van der Waals surface area contributed by atoms with Crippen LogP contribution in [0.15, 0.2) is 58.4 Å². The number of amides is 1. The van der Waals surface area contributed by atoms with Crippen LogP contribution in [0.1, 0.15) is 5.56 Å². The van der Waals surface area contributed by atoms with Gasteiger partial charge in [-0.25, -0.2) is 4.99 Å². The maximum absolute atomic E-state index is 12.4. The molecule has 5 nitrogen and oxygen atoms in total. The van der Waals surface area contributed by atoms with Crippen LogP contribution in [0.3, 0.4) is 0 Å². The van der Waals surface area contributed by atoms with Crippen LogP contribution in [-0.2, 0) is 4.79 Å². The summed E-state index contributed by atoms with van der Waals surface area (Å²) in [5, 5.41) is 9.77. The smallest absolute Gasteiger partial charge is 0.266 e.